The van der Waals surface area contributed by atoms with Gasteiger partial charge in [-0.3, -0.25) is 14.4 Å². The second-order valence-electron chi connectivity index (χ2n) is 9.29. The summed E-state index contributed by atoms with van der Waals surface area (Å²) in [7, 11) is 0. The first-order chi connectivity index (χ1) is 17.9. The van der Waals surface area contributed by atoms with Crippen LogP contribution in [-0.2, 0) is 16.0 Å². The van der Waals surface area contributed by atoms with Crippen molar-refractivity contribution in [2.24, 2.45) is 5.92 Å². The Morgan fingerprint density at radius 2 is 1.76 bits per heavy atom. The van der Waals surface area contributed by atoms with Gasteiger partial charge in [-0.05, 0) is 60.2 Å². The van der Waals surface area contributed by atoms with Gasteiger partial charge >= 0.3 is 5.97 Å². The number of carboxylic acid groups (broad SMARTS) is 1. The second kappa shape index (κ2) is 12.0. The molecule has 0 radical (unpaired) electrons. The van der Waals surface area contributed by atoms with E-state index in [4.69, 9.17) is 5.26 Å². The smallest absolute Gasteiger partial charge is 0.304 e. The molecule has 0 spiro atoms. The van der Waals surface area contributed by atoms with Gasteiger partial charge in [0.15, 0.2) is 0 Å². The molecule has 0 aliphatic carbocycles. The maximum atomic E-state index is 13.0. The number of amides is 2. The van der Waals surface area contributed by atoms with Crippen molar-refractivity contribution < 1.29 is 19.5 Å². The minimum atomic E-state index is -0.994. The Bertz CT molecular complexity index is 1300. The van der Waals surface area contributed by atoms with Crippen LogP contribution >= 0.6 is 0 Å². The van der Waals surface area contributed by atoms with E-state index in [0.29, 0.717) is 24.1 Å². The Balaban J connectivity index is 1.40. The fraction of sp³-hybridized carbons (Fsp3) is 0.267. The molecule has 0 aromatic heterocycles. The van der Waals surface area contributed by atoms with Gasteiger partial charge in [-0.1, -0.05) is 54.6 Å². The number of nitrogens with one attached hydrogen (secondary N) is 1. The molecule has 188 valence electrons. The average Bonchev–Trinajstić information content (AvgIpc) is 3.21. The molecular weight excluding hydrogens is 466 g/mol. The number of aliphatic carboxylic acids is 1. The molecule has 1 heterocycles. The Kier molecular flexibility index (Phi) is 8.32. The van der Waals surface area contributed by atoms with Crippen LogP contribution in [0.15, 0.2) is 78.9 Å². The first-order valence-electron chi connectivity index (χ1n) is 12.4. The maximum absolute atomic E-state index is 13.0. The molecule has 7 nitrogen and oxygen atoms in total. The highest BCUT2D eigenvalue weighted by Crippen LogP contribution is 2.28. The Labute approximate surface area is 216 Å². The van der Waals surface area contributed by atoms with Crippen molar-refractivity contribution in [2.45, 2.75) is 31.7 Å². The lowest BCUT2D eigenvalue weighted by Crippen LogP contribution is -2.42. The number of aryl methyl sites for hydroxylation is 1. The monoisotopic (exact) mass is 495 g/mol. The number of carbonyl (C=O) groups is 3. The number of likely N-dealkylation sites (tertiary alicyclic amines) is 1. The van der Waals surface area contributed by atoms with Gasteiger partial charge in [0, 0.05) is 24.7 Å². The molecule has 37 heavy (non-hydrogen) atoms. The van der Waals surface area contributed by atoms with Crippen molar-refractivity contribution >= 4 is 17.8 Å². The van der Waals surface area contributed by atoms with E-state index in [-0.39, 0.29) is 30.8 Å². The zero-order chi connectivity index (χ0) is 26.2. The van der Waals surface area contributed by atoms with Crippen molar-refractivity contribution in [1.82, 2.24) is 10.2 Å². The number of nitriles is 1. The summed E-state index contributed by atoms with van der Waals surface area (Å²) in [5.41, 5.74) is 4.00. The van der Waals surface area contributed by atoms with Crippen LogP contribution in [0.3, 0.4) is 0 Å². The number of carbonyl (C=O) groups excluding carboxylic acids is 2. The Morgan fingerprint density at radius 3 is 2.46 bits per heavy atom. The fourth-order valence-corrected chi connectivity index (χ4v) is 4.83. The lowest BCUT2D eigenvalue weighted by Gasteiger charge is -2.25. The summed E-state index contributed by atoms with van der Waals surface area (Å²) in [6, 6.07) is 26.2. The van der Waals surface area contributed by atoms with Crippen molar-refractivity contribution in [3.63, 3.8) is 0 Å². The summed E-state index contributed by atoms with van der Waals surface area (Å²) in [5.74, 6) is -1.98. The molecular formula is C30H29N3O4. The zero-order valence-corrected chi connectivity index (χ0v) is 20.5. The van der Waals surface area contributed by atoms with Gasteiger partial charge in [0.2, 0.25) is 5.91 Å². The molecule has 0 saturated carbocycles. The average molecular weight is 496 g/mol. The SMILES string of the molecule is N#Cc1ccc(-c2cccc(C(=O)NCC3CC(CC(=O)O)C(=O)N3CCCc3ccccc3)c2)cc1. The summed E-state index contributed by atoms with van der Waals surface area (Å²) in [4.78, 5) is 39.0. The fourth-order valence-electron chi connectivity index (χ4n) is 4.83. The molecule has 2 atom stereocenters. The van der Waals surface area contributed by atoms with Gasteiger partial charge in [-0.2, -0.15) is 5.26 Å². The number of hydrogen-bond donors (Lipinski definition) is 2. The zero-order valence-electron chi connectivity index (χ0n) is 20.5. The van der Waals surface area contributed by atoms with Gasteiger partial charge in [-0.25, -0.2) is 0 Å². The van der Waals surface area contributed by atoms with E-state index < -0.39 is 11.9 Å². The molecule has 1 aliphatic heterocycles. The van der Waals surface area contributed by atoms with Crippen LogP contribution in [-0.4, -0.2) is 46.9 Å². The molecule has 1 aliphatic rings. The topological polar surface area (TPSA) is 111 Å². The summed E-state index contributed by atoms with van der Waals surface area (Å²) in [6.45, 7) is 0.770. The van der Waals surface area contributed by atoms with E-state index >= 15 is 0 Å². The third-order valence-electron chi connectivity index (χ3n) is 6.73. The number of benzene rings is 3. The maximum Gasteiger partial charge on any atom is 0.304 e. The number of hydrogen-bond acceptors (Lipinski definition) is 4. The lowest BCUT2D eigenvalue weighted by atomic mass is 10.0. The third-order valence-corrected chi connectivity index (χ3v) is 6.73. The van der Waals surface area contributed by atoms with E-state index in [1.807, 2.05) is 48.5 Å². The molecule has 1 fully saturated rings. The molecule has 7 heteroatoms. The summed E-state index contributed by atoms with van der Waals surface area (Å²) >= 11 is 0. The predicted molar refractivity (Wildman–Crippen MR) is 140 cm³/mol. The van der Waals surface area contributed by atoms with Crippen LogP contribution in [0, 0.1) is 17.2 Å². The molecule has 3 aromatic rings. The van der Waals surface area contributed by atoms with E-state index in [2.05, 4.69) is 11.4 Å². The van der Waals surface area contributed by atoms with Gasteiger partial charge in [0.25, 0.3) is 5.91 Å². The highest BCUT2D eigenvalue weighted by Gasteiger charge is 2.40. The number of carboxylic acids is 1. The van der Waals surface area contributed by atoms with E-state index in [1.54, 1.807) is 35.2 Å². The van der Waals surface area contributed by atoms with E-state index in [0.717, 1.165) is 24.0 Å². The van der Waals surface area contributed by atoms with Crippen molar-refractivity contribution in [3.8, 4) is 17.2 Å². The normalized spacial score (nSPS) is 16.8. The van der Waals surface area contributed by atoms with E-state index in [9.17, 15) is 19.5 Å². The minimum Gasteiger partial charge on any atom is -0.481 e. The van der Waals surface area contributed by atoms with Crippen LogP contribution < -0.4 is 5.32 Å². The van der Waals surface area contributed by atoms with Crippen LogP contribution in [0.25, 0.3) is 11.1 Å². The van der Waals surface area contributed by atoms with E-state index in [1.165, 1.54) is 5.56 Å². The van der Waals surface area contributed by atoms with Crippen molar-refractivity contribution in [1.29, 1.82) is 5.26 Å². The van der Waals surface area contributed by atoms with Gasteiger partial charge in [0.05, 0.1) is 24.0 Å². The summed E-state index contributed by atoms with van der Waals surface area (Å²) < 4.78 is 0. The lowest BCUT2D eigenvalue weighted by molar-refractivity contribution is -0.142. The first-order valence-corrected chi connectivity index (χ1v) is 12.4. The molecule has 2 N–H and O–H groups in total. The summed E-state index contributed by atoms with van der Waals surface area (Å²) in [6.07, 6.45) is 1.77. The van der Waals surface area contributed by atoms with Crippen LogP contribution in [0.1, 0.15) is 40.7 Å². The molecule has 1 saturated heterocycles. The number of rotatable bonds is 10. The van der Waals surface area contributed by atoms with Crippen LogP contribution in [0.4, 0.5) is 0 Å². The van der Waals surface area contributed by atoms with Crippen molar-refractivity contribution in [3.05, 3.63) is 95.6 Å². The highest BCUT2D eigenvalue weighted by atomic mass is 16.4. The molecule has 4 rings (SSSR count). The summed E-state index contributed by atoms with van der Waals surface area (Å²) in [5, 5.41) is 21.2. The predicted octanol–water partition coefficient (Wildman–Crippen LogP) is 4.28. The minimum absolute atomic E-state index is 0.155. The van der Waals surface area contributed by atoms with Crippen LogP contribution in [0.2, 0.25) is 0 Å². The Hall–Kier alpha value is -4.44. The van der Waals surface area contributed by atoms with Gasteiger partial charge < -0.3 is 15.3 Å². The molecule has 2 unspecified atom stereocenters. The second-order valence-corrected chi connectivity index (χ2v) is 9.29. The molecule has 0 bridgehead atoms. The van der Waals surface area contributed by atoms with Gasteiger partial charge in [-0.15, -0.1) is 0 Å². The molecule has 3 aromatic carbocycles. The van der Waals surface area contributed by atoms with Crippen molar-refractivity contribution in [2.75, 3.05) is 13.1 Å². The highest BCUT2D eigenvalue weighted by molar-refractivity contribution is 5.95. The quantitative estimate of drug-likeness (QED) is 0.436. The standard InChI is InChI=1S/C30H29N3O4/c31-19-22-11-13-23(14-12-22)24-9-4-10-25(16-24)29(36)32-20-27-17-26(18-28(34)35)30(37)33(27)15-5-8-21-6-2-1-3-7-21/h1-4,6-7,9-14,16,26-27H,5,8,15,17-18,20H2,(H,32,36)(H,34,35). The third kappa shape index (κ3) is 6.62. The molecule has 2 amide bonds. The van der Waals surface area contributed by atoms with Crippen LogP contribution in [0.5, 0.6) is 0 Å². The van der Waals surface area contributed by atoms with Gasteiger partial charge in [0.1, 0.15) is 0 Å². The largest absolute Gasteiger partial charge is 0.481 e. The Morgan fingerprint density at radius 1 is 1.00 bits per heavy atom. The first kappa shape index (κ1) is 25.6. The number of nitrogens with zero attached hydrogens (tertiary/aromatic N) is 2.